The van der Waals surface area contributed by atoms with Gasteiger partial charge in [-0.15, -0.1) is 12.6 Å². The summed E-state index contributed by atoms with van der Waals surface area (Å²) in [6.45, 7) is 2.43. The van der Waals surface area contributed by atoms with Crippen LogP contribution in [0, 0.1) is 12.7 Å². The Bertz CT molecular complexity index is 642. The molecule has 0 saturated heterocycles. The van der Waals surface area contributed by atoms with E-state index >= 15 is 0 Å². The Morgan fingerprint density at radius 2 is 1.95 bits per heavy atom. The molecule has 0 saturated carbocycles. The van der Waals surface area contributed by atoms with Gasteiger partial charge in [0.2, 0.25) is 0 Å². The van der Waals surface area contributed by atoms with Gasteiger partial charge in [0.1, 0.15) is 5.82 Å². The van der Waals surface area contributed by atoms with Crippen molar-refractivity contribution in [2.75, 3.05) is 7.05 Å². The summed E-state index contributed by atoms with van der Waals surface area (Å²) < 4.78 is 13.7. The fourth-order valence-electron chi connectivity index (χ4n) is 2.00. The molecule has 0 unspecified atom stereocenters. The number of halogens is 1. The molecular formula is C16H16FNOS. The summed E-state index contributed by atoms with van der Waals surface area (Å²) >= 11 is 4.14. The van der Waals surface area contributed by atoms with Crippen molar-refractivity contribution in [1.82, 2.24) is 4.90 Å². The van der Waals surface area contributed by atoms with Crippen molar-refractivity contribution in [3.63, 3.8) is 0 Å². The fourth-order valence-corrected chi connectivity index (χ4v) is 2.20. The van der Waals surface area contributed by atoms with Crippen molar-refractivity contribution >= 4 is 18.5 Å². The predicted octanol–water partition coefficient (Wildman–Crippen LogP) is 3.70. The third-order valence-corrected chi connectivity index (χ3v) is 3.47. The van der Waals surface area contributed by atoms with Crippen molar-refractivity contribution in [2.45, 2.75) is 18.4 Å². The number of aryl methyl sites for hydroxylation is 1. The van der Waals surface area contributed by atoms with E-state index in [1.54, 1.807) is 7.05 Å². The maximum Gasteiger partial charge on any atom is 0.256 e. The lowest BCUT2D eigenvalue weighted by atomic mass is 10.1. The van der Waals surface area contributed by atoms with Gasteiger partial charge in [-0.1, -0.05) is 24.3 Å². The molecule has 0 radical (unpaired) electrons. The Balaban J connectivity index is 2.21. The standard InChI is InChI=1S/C16H16FNOS/c1-11-5-3-4-6-12(11)10-18(2)16(19)14-9-13(20)7-8-15(14)17/h3-9,20H,10H2,1-2H3. The molecule has 0 spiro atoms. The molecule has 0 atom stereocenters. The van der Waals surface area contributed by atoms with Crippen LogP contribution in [0.3, 0.4) is 0 Å². The molecule has 4 heteroatoms. The van der Waals surface area contributed by atoms with Crippen LogP contribution in [0.5, 0.6) is 0 Å². The first-order chi connectivity index (χ1) is 9.49. The fraction of sp³-hybridized carbons (Fsp3) is 0.188. The van der Waals surface area contributed by atoms with Crippen molar-refractivity contribution in [2.24, 2.45) is 0 Å². The smallest absolute Gasteiger partial charge is 0.256 e. The third-order valence-electron chi connectivity index (χ3n) is 3.20. The Kier molecular flexibility index (Phi) is 4.45. The third kappa shape index (κ3) is 3.20. The molecule has 0 heterocycles. The molecule has 2 nitrogen and oxygen atoms in total. The van der Waals surface area contributed by atoms with E-state index in [9.17, 15) is 9.18 Å². The van der Waals surface area contributed by atoms with E-state index in [4.69, 9.17) is 0 Å². The molecule has 20 heavy (non-hydrogen) atoms. The summed E-state index contributed by atoms with van der Waals surface area (Å²) in [4.78, 5) is 14.4. The largest absolute Gasteiger partial charge is 0.337 e. The highest BCUT2D eigenvalue weighted by molar-refractivity contribution is 7.80. The number of amides is 1. The number of benzene rings is 2. The number of carbonyl (C=O) groups is 1. The minimum Gasteiger partial charge on any atom is -0.337 e. The van der Waals surface area contributed by atoms with Crippen molar-refractivity contribution < 1.29 is 9.18 Å². The lowest BCUT2D eigenvalue weighted by molar-refractivity contribution is 0.0780. The summed E-state index contributed by atoms with van der Waals surface area (Å²) in [5.74, 6) is -0.869. The van der Waals surface area contributed by atoms with Gasteiger partial charge in [0.15, 0.2) is 0 Å². The van der Waals surface area contributed by atoms with Crippen LogP contribution in [0.15, 0.2) is 47.4 Å². The van der Waals surface area contributed by atoms with Crippen LogP contribution in [-0.4, -0.2) is 17.9 Å². The van der Waals surface area contributed by atoms with Gasteiger partial charge in [0.25, 0.3) is 5.91 Å². The van der Waals surface area contributed by atoms with E-state index in [1.165, 1.54) is 23.1 Å². The second-order valence-electron chi connectivity index (χ2n) is 4.75. The highest BCUT2D eigenvalue weighted by Crippen LogP contribution is 2.17. The first-order valence-corrected chi connectivity index (χ1v) is 6.72. The van der Waals surface area contributed by atoms with Crippen LogP contribution in [0.25, 0.3) is 0 Å². The lowest BCUT2D eigenvalue weighted by Crippen LogP contribution is -2.27. The van der Waals surface area contributed by atoms with Gasteiger partial charge >= 0.3 is 0 Å². The average Bonchev–Trinajstić information content (AvgIpc) is 2.43. The first-order valence-electron chi connectivity index (χ1n) is 6.27. The molecule has 0 aliphatic rings. The first kappa shape index (κ1) is 14.6. The average molecular weight is 289 g/mol. The maximum absolute atomic E-state index is 13.7. The number of rotatable bonds is 3. The van der Waals surface area contributed by atoms with Crippen LogP contribution in [0.1, 0.15) is 21.5 Å². The zero-order valence-corrected chi connectivity index (χ0v) is 12.3. The van der Waals surface area contributed by atoms with Gasteiger partial charge in [-0.05, 0) is 36.2 Å². The molecule has 2 aromatic carbocycles. The number of hydrogen-bond acceptors (Lipinski definition) is 2. The highest BCUT2D eigenvalue weighted by atomic mass is 32.1. The van der Waals surface area contributed by atoms with Gasteiger partial charge < -0.3 is 4.90 Å². The Hall–Kier alpha value is -1.81. The van der Waals surface area contributed by atoms with Gasteiger partial charge in [-0.3, -0.25) is 4.79 Å². The molecular weight excluding hydrogens is 273 g/mol. The number of nitrogens with zero attached hydrogens (tertiary/aromatic N) is 1. The van der Waals surface area contributed by atoms with Gasteiger partial charge in [-0.25, -0.2) is 4.39 Å². The normalized spacial score (nSPS) is 10.4. The molecule has 104 valence electrons. The van der Waals surface area contributed by atoms with Gasteiger partial charge in [-0.2, -0.15) is 0 Å². The predicted molar refractivity (Wildman–Crippen MR) is 80.6 cm³/mol. The number of carbonyl (C=O) groups excluding carboxylic acids is 1. The van der Waals surface area contributed by atoms with Gasteiger partial charge in [0.05, 0.1) is 5.56 Å². The topological polar surface area (TPSA) is 20.3 Å². The molecule has 0 fully saturated rings. The molecule has 0 aromatic heterocycles. The minimum absolute atomic E-state index is 0.0496. The second kappa shape index (κ2) is 6.09. The van der Waals surface area contributed by atoms with Gasteiger partial charge in [0, 0.05) is 18.5 Å². The van der Waals surface area contributed by atoms with E-state index in [0.29, 0.717) is 11.4 Å². The molecule has 2 rings (SSSR count). The maximum atomic E-state index is 13.7. The quantitative estimate of drug-likeness (QED) is 0.854. The Morgan fingerprint density at radius 3 is 2.65 bits per heavy atom. The number of thiol groups is 1. The Morgan fingerprint density at radius 1 is 1.25 bits per heavy atom. The summed E-state index contributed by atoms with van der Waals surface area (Å²) in [7, 11) is 1.67. The molecule has 2 aromatic rings. The summed E-state index contributed by atoms with van der Waals surface area (Å²) in [6.07, 6.45) is 0. The monoisotopic (exact) mass is 289 g/mol. The van der Waals surface area contributed by atoms with Crippen molar-refractivity contribution in [3.05, 3.63) is 65.0 Å². The zero-order valence-electron chi connectivity index (χ0n) is 11.4. The second-order valence-corrected chi connectivity index (χ2v) is 5.27. The van der Waals surface area contributed by atoms with Crippen LogP contribution < -0.4 is 0 Å². The van der Waals surface area contributed by atoms with E-state index in [2.05, 4.69) is 12.6 Å². The van der Waals surface area contributed by atoms with Crippen molar-refractivity contribution in [1.29, 1.82) is 0 Å². The van der Waals surface area contributed by atoms with Crippen LogP contribution in [0.4, 0.5) is 4.39 Å². The number of hydrogen-bond donors (Lipinski definition) is 1. The Labute approximate surface area is 123 Å². The van der Waals surface area contributed by atoms with Crippen LogP contribution in [0.2, 0.25) is 0 Å². The molecule has 1 amide bonds. The van der Waals surface area contributed by atoms with E-state index in [1.807, 2.05) is 31.2 Å². The van der Waals surface area contributed by atoms with Crippen LogP contribution in [-0.2, 0) is 6.54 Å². The van der Waals surface area contributed by atoms with Crippen molar-refractivity contribution in [3.8, 4) is 0 Å². The molecule has 0 N–H and O–H groups in total. The molecule has 0 aliphatic heterocycles. The summed E-state index contributed by atoms with van der Waals surface area (Å²) in [5, 5.41) is 0. The highest BCUT2D eigenvalue weighted by Gasteiger charge is 2.17. The van der Waals surface area contributed by atoms with E-state index in [0.717, 1.165) is 11.1 Å². The van der Waals surface area contributed by atoms with Crippen LogP contribution >= 0.6 is 12.6 Å². The molecule has 0 aliphatic carbocycles. The molecule has 0 bridgehead atoms. The zero-order chi connectivity index (χ0) is 14.7. The van der Waals surface area contributed by atoms with E-state index in [-0.39, 0.29) is 11.5 Å². The SMILES string of the molecule is Cc1ccccc1CN(C)C(=O)c1cc(S)ccc1F. The summed E-state index contributed by atoms with van der Waals surface area (Å²) in [6, 6.07) is 12.1. The summed E-state index contributed by atoms with van der Waals surface area (Å²) in [5.41, 5.74) is 2.20. The lowest BCUT2D eigenvalue weighted by Gasteiger charge is -2.19. The minimum atomic E-state index is -0.524. The van der Waals surface area contributed by atoms with E-state index < -0.39 is 5.82 Å².